The summed E-state index contributed by atoms with van der Waals surface area (Å²) in [5.74, 6) is -0.398. The predicted octanol–water partition coefficient (Wildman–Crippen LogP) is 2.57. The highest BCUT2D eigenvalue weighted by atomic mass is 19.1. The maximum atomic E-state index is 13.2. The van der Waals surface area contributed by atoms with Crippen LogP contribution in [-0.2, 0) is 9.53 Å². The first-order chi connectivity index (χ1) is 8.99. The van der Waals surface area contributed by atoms with Gasteiger partial charge in [-0.1, -0.05) is 6.92 Å². The van der Waals surface area contributed by atoms with E-state index in [4.69, 9.17) is 15.2 Å². The average molecular weight is 269 g/mol. The van der Waals surface area contributed by atoms with Crippen LogP contribution in [0, 0.1) is 5.82 Å². The van der Waals surface area contributed by atoms with Gasteiger partial charge in [-0.2, -0.15) is 0 Å². The van der Waals surface area contributed by atoms with Gasteiger partial charge in [0.1, 0.15) is 11.6 Å². The molecule has 0 amide bonds. The fourth-order valence-electron chi connectivity index (χ4n) is 1.67. The largest absolute Gasteiger partial charge is 0.478 e. The van der Waals surface area contributed by atoms with Crippen LogP contribution < -0.4 is 10.5 Å². The van der Waals surface area contributed by atoms with E-state index < -0.39 is 12.1 Å². The van der Waals surface area contributed by atoms with E-state index in [2.05, 4.69) is 0 Å². The molecule has 5 heteroatoms. The molecule has 0 saturated carbocycles. The quantitative estimate of drug-likeness (QED) is 0.806. The van der Waals surface area contributed by atoms with Crippen LogP contribution in [0.1, 0.15) is 38.8 Å². The molecule has 2 atom stereocenters. The second kappa shape index (κ2) is 7.09. The van der Waals surface area contributed by atoms with Gasteiger partial charge >= 0.3 is 5.97 Å². The molecular formula is C14H20FNO3. The minimum atomic E-state index is -0.706. The van der Waals surface area contributed by atoms with Gasteiger partial charge in [0.2, 0.25) is 0 Å². The molecule has 4 nitrogen and oxygen atoms in total. The topological polar surface area (TPSA) is 61.5 Å². The number of ether oxygens (including phenoxy) is 2. The van der Waals surface area contributed by atoms with E-state index in [-0.39, 0.29) is 11.9 Å². The standard InChI is InChI=1S/C14H20FNO3/c1-4-12(14(17)18-5-2)19-13-7-6-10(15)8-11(13)9(3)16/h6-9,12H,4-5,16H2,1-3H3/t9-,12?/m1/s1. The Kier molecular flexibility index (Phi) is 5.76. The molecule has 1 rings (SSSR count). The Balaban J connectivity index is 2.93. The maximum absolute atomic E-state index is 13.2. The Bertz CT molecular complexity index is 435. The number of esters is 1. The fourth-order valence-corrected chi connectivity index (χ4v) is 1.67. The number of nitrogens with two attached hydrogens (primary N) is 1. The lowest BCUT2D eigenvalue weighted by atomic mass is 10.1. The van der Waals surface area contributed by atoms with Crippen LogP contribution in [0.3, 0.4) is 0 Å². The molecule has 106 valence electrons. The van der Waals surface area contributed by atoms with Gasteiger partial charge in [0.15, 0.2) is 6.10 Å². The summed E-state index contributed by atoms with van der Waals surface area (Å²) < 4.78 is 23.7. The molecule has 1 aromatic rings. The smallest absolute Gasteiger partial charge is 0.347 e. The molecule has 0 saturated heterocycles. The van der Waals surface area contributed by atoms with Gasteiger partial charge < -0.3 is 15.2 Å². The molecule has 0 spiro atoms. The van der Waals surface area contributed by atoms with Crippen molar-refractivity contribution in [1.82, 2.24) is 0 Å². The van der Waals surface area contributed by atoms with Gasteiger partial charge in [0.05, 0.1) is 6.61 Å². The highest BCUT2D eigenvalue weighted by Gasteiger charge is 2.21. The molecule has 0 aliphatic rings. The average Bonchev–Trinajstić information content (AvgIpc) is 2.37. The highest BCUT2D eigenvalue weighted by molar-refractivity contribution is 5.75. The number of hydrogen-bond acceptors (Lipinski definition) is 4. The maximum Gasteiger partial charge on any atom is 0.347 e. The summed E-state index contributed by atoms with van der Waals surface area (Å²) in [6.07, 6.45) is -0.239. The van der Waals surface area contributed by atoms with E-state index in [0.717, 1.165) is 0 Å². The molecule has 0 aliphatic carbocycles. The second-order valence-electron chi connectivity index (χ2n) is 4.24. The minimum absolute atomic E-state index is 0.294. The summed E-state index contributed by atoms with van der Waals surface area (Å²) in [4.78, 5) is 11.7. The summed E-state index contributed by atoms with van der Waals surface area (Å²) in [7, 11) is 0. The number of carbonyl (C=O) groups is 1. The first kappa shape index (κ1) is 15.4. The van der Waals surface area contributed by atoms with E-state index >= 15 is 0 Å². The number of carbonyl (C=O) groups excluding carboxylic acids is 1. The van der Waals surface area contributed by atoms with Crippen molar-refractivity contribution in [2.24, 2.45) is 5.73 Å². The molecule has 0 bridgehead atoms. The van der Waals surface area contributed by atoms with Crippen molar-refractivity contribution >= 4 is 5.97 Å². The van der Waals surface area contributed by atoms with E-state index in [1.54, 1.807) is 13.8 Å². The molecule has 0 heterocycles. The molecule has 0 aliphatic heterocycles. The lowest BCUT2D eigenvalue weighted by Gasteiger charge is -2.19. The molecule has 0 radical (unpaired) electrons. The van der Waals surface area contributed by atoms with Crippen molar-refractivity contribution in [1.29, 1.82) is 0 Å². The Morgan fingerprint density at radius 3 is 2.63 bits per heavy atom. The Hall–Kier alpha value is -1.62. The molecule has 19 heavy (non-hydrogen) atoms. The van der Waals surface area contributed by atoms with Crippen molar-refractivity contribution in [3.63, 3.8) is 0 Å². The van der Waals surface area contributed by atoms with Crippen molar-refractivity contribution in [3.8, 4) is 5.75 Å². The molecule has 1 aromatic carbocycles. The number of halogens is 1. The number of benzene rings is 1. The molecule has 0 aromatic heterocycles. The van der Waals surface area contributed by atoms with Crippen molar-refractivity contribution < 1.29 is 18.7 Å². The zero-order valence-corrected chi connectivity index (χ0v) is 11.5. The van der Waals surface area contributed by atoms with E-state index in [9.17, 15) is 9.18 Å². The van der Waals surface area contributed by atoms with Gasteiger partial charge in [-0.3, -0.25) is 0 Å². The Labute approximate surface area is 112 Å². The molecule has 1 unspecified atom stereocenters. The fraction of sp³-hybridized carbons (Fsp3) is 0.500. The van der Waals surface area contributed by atoms with Gasteiger partial charge in [0.25, 0.3) is 0 Å². The number of hydrogen-bond donors (Lipinski definition) is 1. The van der Waals surface area contributed by atoms with Crippen LogP contribution in [0.15, 0.2) is 18.2 Å². The first-order valence-electron chi connectivity index (χ1n) is 6.37. The lowest BCUT2D eigenvalue weighted by Crippen LogP contribution is -2.29. The number of rotatable bonds is 6. The van der Waals surface area contributed by atoms with Crippen LogP contribution in [0.4, 0.5) is 4.39 Å². The third kappa shape index (κ3) is 4.21. The predicted molar refractivity (Wildman–Crippen MR) is 70.3 cm³/mol. The van der Waals surface area contributed by atoms with E-state index in [0.29, 0.717) is 24.3 Å². The van der Waals surface area contributed by atoms with Gasteiger partial charge in [-0.25, -0.2) is 9.18 Å². The van der Waals surface area contributed by atoms with Gasteiger partial charge in [-0.05, 0) is 38.5 Å². The van der Waals surface area contributed by atoms with Crippen LogP contribution in [-0.4, -0.2) is 18.7 Å². The normalized spacial score (nSPS) is 13.7. The molecule has 2 N–H and O–H groups in total. The molecular weight excluding hydrogens is 249 g/mol. The zero-order valence-electron chi connectivity index (χ0n) is 11.5. The highest BCUT2D eigenvalue weighted by Crippen LogP contribution is 2.26. The van der Waals surface area contributed by atoms with Gasteiger partial charge in [-0.15, -0.1) is 0 Å². The first-order valence-corrected chi connectivity index (χ1v) is 6.37. The summed E-state index contributed by atoms with van der Waals surface area (Å²) in [5.41, 5.74) is 6.30. The van der Waals surface area contributed by atoms with Gasteiger partial charge in [0, 0.05) is 11.6 Å². The summed E-state index contributed by atoms with van der Waals surface area (Å²) >= 11 is 0. The second-order valence-corrected chi connectivity index (χ2v) is 4.24. The summed E-state index contributed by atoms with van der Waals surface area (Å²) in [6.45, 7) is 5.57. The van der Waals surface area contributed by atoms with Crippen LogP contribution in [0.2, 0.25) is 0 Å². The van der Waals surface area contributed by atoms with Crippen molar-refractivity contribution in [2.75, 3.05) is 6.61 Å². The van der Waals surface area contributed by atoms with Crippen LogP contribution in [0.25, 0.3) is 0 Å². The lowest BCUT2D eigenvalue weighted by molar-refractivity contribution is -0.151. The van der Waals surface area contributed by atoms with E-state index in [1.807, 2.05) is 6.92 Å². The summed E-state index contributed by atoms with van der Waals surface area (Å²) in [6, 6.07) is 3.69. The summed E-state index contributed by atoms with van der Waals surface area (Å²) in [5, 5.41) is 0. The third-order valence-electron chi connectivity index (χ3n) is 2.65. The van der Waals surface area contributed by atoms with Crippen LogP contribution >= 0.6 is 0 Å². The monoisotopic (exact) mass is 269 g/mol. The molecule has 0 fully saturated rings. The van der Waals surface area contributed by atoms with Crippen molar-refractivity contribution in [2.45, 2.75) is 39.3 Å². The Morgan fingerprint density at radius 2 is 2.11 bits per heavy atom. The van der Waals surface area contributed by atoms with E-state index in [1.165, 1.54) is 18.2 Å². The Morgan fingerprint density at radius 1 is 1.42 bits per heavy atom. The SMILES string of the molecule is CCOC(=O)C(CC)Oc1ccc(F)cc1[C@@H](C)N. The minimum Gasteiger partial charge on any atom is -0.478 e. The third-order valence-corrected chi connectivity index (χ3v) is 2.65. The van der Waals surface area contributed by atoms with Crippen LogP contribution in [0.5, 0.6) is 5.75 Å². The van der Waals surface area contributed by atoms with Crippen molar-refractivity contribution in [3.05, 3.63) is 29.6 Å². The zero-order chi connectivity index (χ0) is 14.4.